The Balaban J connectivity index is 1.38. The predicted molar refractivity (Wildman–Crippen MR) is 111 cm³/mol. The number of esters is 1. The monoisotopic (exact) mass is 381 g/mol. The Bertz CT molecular complexity index is 724. The summed E-state index contributed by atoms with van der Waals surface area (Å²) < 4.78 is 11.1. The van der Waals surface area contributed by atoms with Crippen molar-refractivity contribution in [3.8, 4) is 5.75 Å². The molecule has 4 nitrogen and oxygen atoms in total. The van der Waals surface area contributed by atoms with Crippen molar-refractivity contribution in [1.29, 1.82) is 0 Å². The van der Waals surface area contributed by atoms with Gasteiger partial charge in [0.25, 0.3) is 0 Å². The van der Waals surface area contributed by atoms with E-state index in [9.17, 15) is 4.79 Å². The van der Waals surface area contributed by atoms with Gasteiger partial charge in [0.15, 0.2) is 0 Å². The molecular formula is C24H31NO3. The number of benzene rings is 2. The fourth-order valence-electron chi connectivity index (χ4n) is 3.77. The Morgan fingerprint density at radius 3 is 2.50 bits per heavy atom. The minimum absolute atomic E-state index is 0.0128. The molecule has 0 aromatic heterocycles. The van der Waals surface area contributed by atoms with E-state index in [1.54, 1.807) is 0 Å². The lowest BCUT2D eigenvalue weighted by Crippen LogP contribution is -2.29. The SMILES string of the molecule is CCOC(=O)C1CCC(CNCc2cccc(OCc3ccccc3)c2)CC1. The van der Waals surface area contributed by atoms with Gasteiger partial charge < -0.3 is 14.8 Å². The molecule has 1 aliphatic carbocycles. The second-order valence-corrected chi connectivity index (χ2v) is 7.52. The quantitative estimate of drug-likeness (QED) is 0.638. The van der Waals surface area contributed by atoms with Gasteiger partial charge in [-0.3, -0.25) is 4.79 Å². The van der Waals surface area contributed by atoms with Gasteiger partial charge in [0.2, 0.25) is 0 Å². The second kappa shape index (κ2) is 10.9. The van der Waals surface area contributed by atoms with Crippen molar-refractivity contribution in [2.45, 2.75) is 45.8 Å². The number of hydrogen-bond donors (Lipinski definition) is 1. The first-order valence-electron chi connectivity index (χ1n) is 10.4. The van der Waals surface area contributed by atoms with Crippen LogP contribution in [0.3, 0.4) is 0 Å². The van der Waals surface area contributed by atoms with E-state index in [1.807, 2.05) is 37.3 Å². The van der Waals surface area contributed by atoms with Crippen LogP contribution >= 0.6 is 0 Å². The fraction of sp³-hybridized carbons (Fsp3) is 0.458. The number of carbonyl (C=O) groups excluding carboxylic acids is 1. The minimum atomic E-state index is -0.0128. The molecule has 0 unspecified atom stereocenters. The fourth-order valence-corrected chi connectivity index (χ4v) is 3.77. The maximum Gasteiger partial charge on any atom is 0.308 e. The molecule has 4 heteroatoms. The van der Waals surface area contributed by atoms with Gasteiger partial charge in [0, 0.05) is 6.54 Å². The van der Waals surface area contributed by atoms with Crippen molar-refractivity contribution in [1.82, 2.24) is 5.32 Å². The highest BCUT2D eigenvalue weighted by Gasteiger charge is 2.26. The molecule has 1 saturated carbocycles. The summed E-state index contributed by atoms with van der Waals surface area (Å²) >= 11 is 0. The van der Waals surface area contributed by atoms with Crippen LogP contribution in [0, 0.1) is 11.8 Å². The molecule has 28 heavy (non-hydrogen) atoms. The molecule has 1 N–H and O–H groups in total. The number of carbonyl (C=O) groups is 1. The second-order valence-electron chi connectivity index (χ2n) is 7.52. The van der Waals surface area contributed by atoms with Crippen molar-refractivity contribution in [2.24, 2.45) is 11.8 Å². The lowest BCUT2D eigenvalue weighted by atomic mass is 9.82. The van der Waals surface area contributed by atoms with E-state index in [2.05, 4.69) is 29.6 Å². The number of rotatable bonds is 9. The third kappa shape index (κ3) is 6.38. The highest BCUT2D eigenvalue weighted by atomic mass is 16.5. The summed E-state index contributed by atoms with van der Waals surface area (Å²) in [6.45, 7) is 4.76. The summed E-state index contributed by atoms with van der Waals surface area (Å²) in [7, 11) is 0. The molecule has 0 heterocycles. The summed E-state index contributed by atoms with van der Waals surface area (Å²) in [6, 6.07) is 18.5. The van der Waals surface area contributed by atoms with Crippen molar-refractivity contribution in [3.05, 3.63) is 65.7 Å². The van der Waals surface area contributed by atoms with Crippen LogP contribution in [-0.2, 0) is 22.7 Å². The molecule has 2 aromatic rings. The number of nitrogens with one attached hydrogen (secondary N) is 1. The Hall–Kier alpha value is -2.33. The average molecular weight is 382 g/mol. The van der Waals surface area contributed by atoms with Crippen molar-refractivity contribution >= 4 is 5.97 Å². The normalized spacial score (nSPS) is 19.2. The van der Waals surface area contributed by atoms with Gasteiger partial charge in [-0.05, 0) is 68.3 Å². The highest BCUT2D eigenvalue weighted by molar-refractivity contribution is 5.72. The molecule has 0 amide bonds. The molecule has 2 aromatic carbocycles. The van der Waals surface area contributed by atoms with E-state index >= 15 is 0 Å². The maximum atomic E-state index is 11.8. The third-order valence-corrected chi connectivity index (χ3v) is 5.38. The van der Waals surface area contributed by atoms with Gasteiger partial charge in [0.1, 0.15) is 12.4 Å². The molecule has 0 aliphatic heterocycles. The van der Waals surface area contributed by atoms with Gasteiger partial charge in [-0.15, -0.1) is 0 Å². The topological polar surface area (TPSA) is 47.6 Å². The van der Waals surface area contributed by atoms with Gasteiger partial charge in [0.05, 0.1) is 12.5 Å². The predicted octanol–water partition coefficient (Wildman–Crippen LogP) is 4.72. The number of ether oxygens (including phenoxy) is 2. The van der Waals surface area contributed by atoms with Gasteiger partial charge in [-0.1, -0.05) is 42.5 Å². The van der Waals surface area contributed by atoms with Crippen molar-refractivity contribution in [2.75, 3.05) is 13.2 Å². The number of hydrogen-bond acceptors (Lipinski definition) is 4. The molecule has 0 atom stereocenters. The summed E-state index contributed by atoms with van der Waals surface area (Å²) in [5, 5.41) is 3.57. The molecule has 0 radical (unpaired) electrons. The summed E-state index contributed by atoms with van der Waals surface area (Å²) in [6.07, 6.45) is 4.09. The Morgan fingerprint density at radius 1 is 1.00 bits per heavy atom. The van der Waals surface area contributed by atoms with Crippen LogP contribution in [0.2, 0.25) is 0 Å². The minimum Gasteiger partial charge on any atom is -0.489 e. The van der Waals surface area contributed by atoms with Crippen LogP contribution in [0.15, 0.2) is 54.6 Å². The molecule has 3 rings (SSSR count). The van der Waals surface area contributed by atoms with E-state index < -0.39 is 0 Å². The van der Waals surface area contributed by atoms with E-state index in [-0.39, 0.29) is 11.9 Å². The van der Waals surface area contributed by atoms with Gasteiger partial charge >= 0.3 is 5.97 Å². The lowest BCUT2D eigenvalue weighted by molar-refractivity contribution is -0.149. The first kappa shape index (κ1) is 20.4. The van der Waals surface area contributed by atoms with Crippen LogP contribution in [-0.4, -0.2) is 19.1 Å². The summed E-state index contributed by atoms with van der Waals surface area (Å²) in [5.74, 6) is 1.64. The smallest absolute Gasteiger partial charge is 0.308 e. The zero-order valence-electron chi connectivity index (χ0n) is 16.7. The first-order valence-corrected chi connectivity index (χ1v) is 10.4. The lowest BCUT2D eigenvalue weighted by Gasteiger charge is -2.27. The molecule has 0 spiro atoms. The largest absolute Gasteiger partial charge is 0.489 e. The molecule has 1 aliphatic rings. The molecular weight excluding hydrogens is 350 g/mol. The average Bonchev–Trinajstić information content (AvgIpc) is 2.74. The van der Waals surface area contributed by atoms with Crippen LogP contribution in [0.25, 0.3) is 0 Å². The Kier molecular flexibility index (Phi) is 7.92. The van der Waals surface area contributed by atoms with Crippen LogP contribution in [0.5, 0.6) is 5.75 Å². The van der Waals surface area contributed by atoms with E-state index in [4.69, 9.17) is 9.47 Å². The van der Waals surface area contributed by atoms with Crippen LogP contribution in [0.4, 0.5) is 0 Å². The standard InChI is InChI=1S/C24H31NO3/c1-2-27-24(26)22-13-11-19(12-14-22)16-25-17-21-9-6-10-23(15-21)28-18-20-7-4-3-5-8-20/h3-10,15,19,22,25H,2,11-14,16-18H2,1H3. The van der Waals surface area contributed by atoms with Gasteiger partial charge in [-0.25, -0.2) is 0 Å². The maximum absolute atomic E-state index is 11.8. The molecule has 0 saturated heterocycles. The third-order valence-electron chi connectivity index (χ3n) is 5.38. The van der Waals surface area contributed by atoms with Gasteiger partial charge in [-0.2, -0.15) is 0 Å². The zero-order chi connectivity index (χ0) is 19.6. The van der Waals surface area contributed by atoms with Crippen LogP contribution < -0.4 is 10.1 Å². The van der Waals surface area contributed by atoms with E-state index in [1.165, 1.54) is 11.1 Å². The highest BCUT2D eigenvalue weighted by Crippen LogP contribution is 2.29. The Morgan fingerprint density at radius 2 is 1.75 bits per heavy atom. The molecule has 1 fully saturated rings. The van der Waals surface area contributed by atoms with Crippen molar-refractivity contribution < 1.29 is 14.3 Å². The zero-order valence-corrected chi connectivity index (χ0v) is 16.7. The van der Waals surface area contributed by atoms with Crippen molar-refractivity contribution in [3.63, 3.8) is 0 Å². The Labute approximate surface area is 168 Å². The van der Waals surface area contributed by atoms with E-state index in [0.717, 1.165) is 44.5 Å². The first-order chi connectivity index (χ1) is 13.7. The summed E-state index contributed by atoms with van der Waals surface area (Å²) in [5.41, 5.74) is 2.40. The van der Waals surface area contributed by atoms with E-state index in [0.29, 0.717) is 19.1 Å². The molecule has 150 valence electrons. The molecule has 0 bridgehead atoms. The summed E-state index contributed by atoms with van der Waals surface area (Å²) in [4.78, 5) is 11.8. The van der Waals surface area contributed by atoms with Crippen LogP contribution in [0.1, 0.15) is 43.7 Å².